The molecule has 1 aliphatic carbocycles. The third-order valence-corrected chi connectivity index (χ3v) is 6.57. The van der Waals surface area contributed by atoms with Crippen LogP contribution in [-0.2, 0) is 4.74 Å². The summed E-state index contributed by atoms with van der Waals surface area (Å²) in [6, 6.07) is 9.63. The molecule has 1 saturated heterocycles. The Labute approximate surface area is 174 Å². The first-order valence-corrected chi connectivity index (χ1v) is 11.1. The SMILES string of the molecule is COC[C@H]1CCCN1CC1CCC(Nc2ncc(-c3ccc(C)cc3)cn2)CC1. The van der Waals surface area contributed by atoms with Crippen molar-refractivity contribution in [3.05, 3.63) is 42.2 Å². The molecular weight excluding hydrogens is 360 g/mol. The van der Waals surface area contributed by atoms with Crippen LogP contribution < -0.4 is 5.32 Å². The van der Waals surface area contributed by atoms with Crippen molar-refractivity contribution in [3.8, 4) is 11.1 Å². The van der Waals surface area contributed by atoms with Gasteiger partial charge in [0.2, 0.25) is 5.95 Å². The van der Waals surface area contributed by atoms with Crippen molar-refractivity contribution in [2.75, 3.05) is 32.1 Å². The molecule has 2 fully saturated rings. The number of benzene rings is 1. The van der Waals surface area contributed by atoms with Crippen molar-refractivity contribution < 1.29 is 4.74 Å². The van der Waals surface area contributed by atoms with Crippen molar-refractivity contribution in [2.24, 2.45) is 5.92 Å². The number of rotatable bonds is 7. The maximum absolute atomic E-state index is 5.40. The zero-order chi connectivity index (χ0) is 20.1. The molecule has 0 amide bonds. The van der Waals surface area contributed by atoms with Gasteiger partial charge in [0.25, 0.3) is 0 Å². The summed E-state index contributed by atoms with van der Waals surface area (Å²) in [4.78, 5) is 11.8. The van der Waals surface area contributed by atoms with E-state index >= 15 is 0 Å². The predicted octanol–water partition coefficient (Wildman–Crippen LogP) is 4.53. The second-order valence-corrected chi connectivity index (χ2v) is 8.77. The Balaban J connectivity index is 1.25. The molecule has 29 heavy (non-hydrogen) atoms. The summed E-state index contributed by atoms with van der Waals surface area (Å²) in [6.07, 6.45) is 11.4. The Kier molecular flexibility index (Phi) is 6.78. The Morgan fingerprint density at radius 1 is 1.00 bits per heavy atom. The zero-order valence-electron chi connectivity index (χ0n) is 17.8. The van der Waals surface area contributed by atoms with Crippen LogP contribution in [0.5, 0.6) is 0 Å². The maximum atomic E-state index is 5.40. The van der Waals surface area contributed by atoms with E-state index in [4.69, 9.17) is 4.74 Å². The number of hydrogen-bond acceptors (Lipinski definition) is 5. The summed E-state index contributed by atoms with van der Waals surface area (Å²) in [7, 11) is 1.82. The first-order valence-electron chi connectivity index (χ1n) is 11.1. The molecule has 5 nitrogen and oxygen atoms in total. The van der Waals surface area contributed by atoms with Crippen LogP contribution in [0.25, 0.3) is 11.1 Å². The van der Waals surface area contributed by atoms with E-state index in [9.17, 15) is 0 Å². The van der Waals surface area contributed by atoms with E-state index in [1.165, 1.54) is 57.2 Å². The molecule has 1 saturated carbocycles. The van der Waals surface area contributed by atoms with Gasteiger partial charge in [0.1, 0.15) is 0 Å². The fourth-order valence-electron chi connectivity index (χ4n) is 4.82. The molecule has 2 aromatic rings. The highest BCUT2D eigenvalue weighted by Gasteiger charge is 2.29. The van der Waals surface area contributed by atoms with Crippen LogP contribution >= 0.6 is 0 Å². The van der Waals surface area contributed by atoms with Gasteiger partial charge in [0, 0.05) is 43.7 Å². The van der Waals surface area contributed by atoms with Crippen molar-refractivity contribution in [1.82, 2.24) is 14.9 Å². The van der Waals surface area contributed by atoms with Crippen LogP contribution in [0.4, 0.5) is 5.95 Å². The number of hydrogen-bond donors (Lipinski definition) is 1. The van der Waals surface area contributed by atoms with Crippen LogP contribution in [-0.4, -0.2) is 53.8 Å². The number of aromatic nitrogens is 2. The quantitative estimate of drug-likeness (QED) is 0.747. The molecule has 4 rings (SSSR count). The lowest BCUT2D eigenvalue weighted by Crippen LogP contribution is -2.38. The molecule has 2 heterocycles. The molecule has 0 radical (unpaired) electrons. The zero-order valence-corrected chi connectivity index (χ0v) is 17.8. The summed E-state index contributed by atoms with van der Waals surface area (Å²) in [6.45, 7) is 5.47. The molecule has 5 heteroatoms. The monoisotopic (exact) mass is 394 g/mol. The van der Waals surface area contributed by atoms with Gasteiger partial charge in [-0.1, -0.05) is 29.8 Å². The van der Waals surface area contributed by atoms with E-state index in [1.807, 2.05) is 19.5 Å². The molecule has 1 aromatic heterocycles. The average molecular weight is 395 g/mol. The third kappa shape index (κ3) is 5.34. The first kappa shape index (κ1) is 20.3. The molecule has 1 N–H and O–H groups in total. The topological polar surface area (TPSA) is 50.3 Å². The maximum Gasteiger partial charge on any atom is 0.222 e. The van der Waals surface area contributed by atoms with Crippen molar-refractivity contribution in [3.63, 3.8) is 0 Å². The van der Waals surface area contributed by atoms with Crippen LogP contribution in [0, 0.1) is 12.8 Å². The minimum Gasteiger partial charge on any atom is -0.383 e. The number of nitrogens with zero attached hydrogens (tertiary/aromatic N) is 3. The Morgan fingerprint density at radius 3 is 2.41 bits per heavy atom. The van der Waals surface area contributed by atoms with Gasteiger partial charge in [-0.25, -0.2) is 9.97 Å². The molecule has 156 valence electrons. The fraction of sp³-hybridized carbons (Fsp3) is 0.583. The summed E-state index contributed by atoms with van der Waals surface area (Å²) >= 11 is 0. The number of likely N-dealkylation sites (tertiary alicyclic amines) is 1. The highest BCUT2D eigenvalue weighted by Crippen LogP contribution is 2.29. The van der Waals surface area contributed by atoms with Crippen LogP contribution in [0.15, 0.2) is 36.7 Å². The minimum atomic E-state index is 0.491. The van der Waals surface area contributed by atoms with E-state index in [1.54, 1.807) is 0 Å². The molecule has 1 atom stereocenters. The smallest absolute Gasteiger partial charge is 0.222 e. The normalized spacial score (nSPS) is 25.2. The lowest BCUT2D eigenvalue weighted by molar-refractivity contribution is 0.0992. The predicted molar refractivity (Wildman–Crippen MR) is 118 cm³/mol. The van der Waals surface area contributed by atoms with E-state index < -0.39 is 0 Å². The van der Waals surface area contributed by atoms with Crippen LogP contribution in [0.1, 0.15) is 44.1 Å². The van der Waals surface area contributed by atoms with Gasteiger partial charge in [0.15, 0.2) is 0 Å². The highest BCUT2D eigenvalue weighted by atomic mass is 16.5. The third-order valence-electron chi connectivity index (χ3n) is 6.57. The van der Waals surface area contributed by atoms with Crippen LogP contribution in [0.3, 0.4) is 0 Å². The van der Waals surface area contributed by atoms with Gasteiger partial charge in [-0.05, 0) is 63.5 Å². The minimum absolute atomic E-state index is 0.491. The Morgan fingerprint density at radius 2 is 1.72 bits per heavy atom. The number of nitrogens with one attached hydrogen (secondary N) is 1. The largest absolute Gasteiger partial charge is 0.383 e. The fourth-order valence-corrected chi connectivity index (χ4v) is 4.82. The number of aryl methyl sites for hydroxylation is 1. The molecule has 1 aromatic carbocycles. The highest BCUT2D eigenvalue weighted by molar-refractivity contribution is 5.62. The molecular formula is C24H34N4O. The number of ether oxygens (including phenoxy) is 1. The molecule has 1 aliphatic heterocycles. The van der Waals surface area contributed by atoms with Gasteiger partial charge in [-0.2, -0.15) is 0 Å². The first-order chi connectivity index (χ1) is 14.2. The lowest BCUT2D eigenvalue weighted by Gasteiger charge is -2.33. The van der Waals surface area contributed by atoms with Gasteiger partial charge in [0.05, 0.1) is 6.61 Å². The summed E-state index contributed by atoms with van der Waals surface area (Å²) < 4.78 is 5.40. The van der Waals surface area contributed by atoms with E-state index in [-0.39, 0.29) is 0 Å². The summed E-state index contributed by atoms with van der Waals surface area (Å²) in [5.74, 6) is 1.57. The van der Waals surface area contributed by atoms with E-state index in [0.29, 0.717) is 12.1 Å². The van der Waals surface area contributed by atoms with E-state index in [0.717, 1.165) is 29.6 Å². The summed E-state index contributed by atoms with van der Waals surface area (Å²) in [5.41, 5.74) is 3.49. The second-order valence-electron chi connectivity index (χ2n) is 8.77. The standard InChI is InChI=1S/C24H34N4O/c1-18-5-9-20(10-6-18)21-14-25-24(26-15-21)27-22-11-7-19(8-12-22)16-28-13-3-4-23(28)17-29-2/h5-6,9-10,14-15,19,22-23H,3-4,7-8,11-13,16-17H2,1-2H3,(H,25,26,27)/t19?,22?,23-/m1/s1. The molecule has 0 bridgehead atoms. The molecule has 2 aliphatic rings. The lowest BCUT2D eigenvalue weighted by atomic mass is 9.85. The Hall–Kier alpha value is -1.98. The van der Waals surface area contributed by atoms with Gasteiger partial charge in [-0.15, -0.1) is 0 Å². The van der Waals surface area contributed by atoms with Gasteiger partial charge in [-0.3, -0.25) is 4.90 Å². The molecule has 0 unspecified atom stereocenters. The van der Waals surface area contributed by atoms with Gasteiger partial charge >= 0.3 is 0 Å². The van der Waals surface area contributed by atoms with E-state index in [2.05, 4.69) is 51.4 Å². The van der Waals surface area contributed by atoms with Crippen LogP contribution in [0.2, 0.25) is 0 Å². The Bertz CT molecular complexity index is 753. The van der Waals surface area contributed by atoms with Crippen molar-refractivity contribution >= 4 is 5.95 Å². The van der Waals surface area contributed by atoms with Crippen molar-refractivity contribution in [2.45, 2.75) is 57.5 Å². The second kappa shape index (κ2) is 9.68. The van der Waals surface area contributed by atoms with Crippen molar-refractivity contribution in [1.29, 1.82) is 0 Å². The molecule has 0 spiro atoms. The average Bonchev–Trinajstić information content (AvgIpc) is 3.18. The summed E-state index contributed by atoms with van der Waals surface area (Å²) in [5, 5.41) is 3.56. The van der Waals surface area contributed by atoms with Gasteiger partial charge < -0.3 is 10.1 Å². The number of methoxy groups -OCH3 is 1. The number of anilines is 1.